The Kier molecular flexibility index (Phi) is 5.27. The molecular formula is C17H17NO4. The highest BCUT2D eigenvalue weighted by molar-refractivity contribution is 5.93. The fourth-order valence-electron chi connectivity index (χ4n) is 1.86. The van der Waals surface area contributed by atoms with E-state index in [-0.39, 0.29) is 6.61 Å². The molecule has 22 heavy (non-hydrogen) atoms. The number of carbonyl (C=O) groups is 2. The van der Waals surface area contributed by atoms with Gasteiger partial charge in [-0.05, 0) is 29.8 Å². The molecule has 0 saturated heterocycles. The molecule has 0 heterocycles. The molecule has 0 aliphatic carbocycles. The lowest BCUT2D eigenvalue weighted by Gasteiger charge is -2.19. The van der Waals surface area contributed by atoms with Gasteiger partial charge in [0.1, 0.15) is 6.61 Å². The molecule has 114 valence electrons. The summed E-state index contributed by atoms with van der Waals surface area (Å²) < 4.78 is 0. The molecule has 0 aliphatic rings. The number of aryl methyl sites for hydroxylation is 1. The molecule has 0 N–H and O–H groups in total. The van der Waals surface area contributed by atoms with Crippen molar-refractivity contribution in [2.24, 2.45) is 0 Å². The Morgan fingerprint density at radius 2 is 1.77 bits per heavy atom. The summed E-state index contributed by atoms with van der Waals surface area (Å²) in [4.78, 5) is 33.6. The van der Waals surface area contributed by atoms with Crippen molar-refractivity contribution in [1.29, 1.82) is 0 Å². The highest BCUT2D eigenvalue weighted by atomic mass is 17.0. The van der Waals surface area contributed by atoms with Crippen molar-refractivity contribution in [2.45, 2.75) is 20.5 Å². The van der Waals surface area contributed by atoms with E-state index in [1.165, 1.54) is 6.92 Å². The second-order valence-electron chi connectivity index (χ2n) is 4.77. The third-order valence-electron chi connectivity index (χ3n) is 2.83. The molecule has 5 heteroatoms. The predicted molar refractivity (Wildman–Crippen MR) is 80.3 cm³/mol. The number of hydroxylamine groups is 2. The van der Waals surface area contributed by atoms with Crippen LogP contribution < -0.4 is 0 Å². The highest BCUT2D eigenvalue weighted by Crippen LogP contribution is 2.10. The summed E-state index contributed by atoms with van der Waals surface area (Å²) in [6.45, 7) is 3.29. The Labute approximate surface area is 129 Å². The summed E-state index contributed by atoms with van der Waals surface area (Å²) in [5, 5.41) is 0.625. The summed E-state index contributed by atoms with van der Waals surface area (Å²) in [5.74, 6) is -1.17. The average Bonchev–Trinajstić information content (AvgIpc) is 2.51. The Morgan fingerprint density at radius 1 is 1.05 bits per heavy atom. The van der Waals surface area contributed by atoms with E-state index in [1.54, 1.807) is 30.3 Å². The molecule has 2 aromatic carbocycles. The van der Waals surface area contributed by atoms with E-state index >= 15 is 0 Å². The van der Waals surface area contributed by atoms with Gasteiger partial charge in [-0.15, -0.1) is 0 Å². The third kappa shape index (κ3) is 4.43. The van der Waals surface area contributed by atoms with Gasteiger partial charge in [-0.3, -0.25) is 4.79 Å². The molecule has 0 atom stereocenters. The smallest absolute Gasteiger partial charge is 0.312 e. The maximum absolute atomic E-state index is 12.3. The van der Waals surface area contributed by atoms with Gasteiger partial charge in [0, 0.05) is 12.5 Å². The molecule has 2 rings (SSSR count). The van der Waals surface area contributed by atoms with E-state index in [0.29, 0.717) is 10.8 Å². The molecule has 0 bridgehead atoms. The van der Waals surface area contributed by atoms with Crippen molar-refractivity contribution < 1.29 is 19.3 Å². The lowest BCUT2D eigenvalue weighted by atomic mass is 10.1. The average molecular weight is 299 g/mol. The van der Waals surface area contributed by atoms with Crippen LogP contribution in [0, 0.1) is 6.92 Å². The molecule has 0 radical (unpaired) electrons. The molecular weight excluding hydrogens is 282 g/mol. The number of amides is 1. The van der Waals surface area contributed by atoms with Gasteiger partial charge >= 0.3 is 11.9 Å². The second-order valence-corrected chi connectivity index (χ2v) is 4.77. The molecule has 1 amide bonds. The first kappa shape index (κ1) is 15.7. The lowest BCUT2D eigenvalue weighted by Crippen LogP contribution is -2.33. The number of rotatable bonds is 4. The molecule has 0 aliphatic heterocycles. The second kappa shape index (κ2) is 7.38. The maximum Gasteiger partial charge on any atom is 0.332 e. The Balaban J connectivity index is 2.09. The molecule has 0 unspecified atom stereocenters. The lowest BCUT2D eigenvalue weighted by molar-refractivity contribution is -0.312. The van der Waals surface area contributed by atoms with Crippen LogP contribution in [0.1, 0.15) is 28.4 Å². The number of hydrogen-bond acceptors (Lipinski definition) is 4. The molecule has 0 fully saturated rings. The van der Waals surface area contributed by atoms with Gasteiger partial charge in [0.15, 0.2) is 0 Å². The van der Waals surface area contributed by atoms with Crippen LogP contribution in [0.5, 0.6) is 0 Å². The Bertz CT molecular complexity index is 655. The van der Waals surface area contributed by atoms with E-state index in [2.05, 4.69) is 0 Å². The zero-order valence-corrected chi connectivity index (χ0v) is 12.5. The number of hydrogen-bond donors (Lipinski definition) is 0. The minimum atomic E-state index is -0.631. The SMILES string of the molecule is CC(=O)ON(OCc1cccc(C)c1)C(=O)c1ccccc1. The number of benzene rings is 2. The zero-order chi connectivity index (χ0) is 15.9. The molecule has 5 nitrogen and oxygen atoms in total. The van der Waals surface area contributed by atoms with E-state index in [0.717, 1.165) is 11.1 Å². The van der Waals surface area contributed by atoms with Gasteiger partial charge in [-0.25, -0.2) is 9.63 Å². The van der Waals surface area contributed by atoms with Crippen molar-refractivity contribution in [3.8, 4) is 0 Å². The van der Waals surface area contributed by atoms with Gasteiger partial charge in [0.2, 0.25) is 0 Å². The molecule has 2 aromatic rings. The van der Waals surface area contributed by atoms with Gasteiger partial charge in [0.25, 0.3) is 0 Å². The van der Waals surface area contributed by atoms with Gasteiger partial charge in [0.05, 0.1) is 0 Å². The molecule has 0 saturated carbocycles. The Hall–Kier alpha value is -2.66. The van der Waals surface area contributed by atoms with Crippen molar-refractivity contribution in [2.75, 3.05) is 0 Å². The van der Waals surface area contributed by atoms with Crippen molar-refractivity contribution in [3.63, 3.8) is 0 Å². The fourth-order valence-corrected chi connectivity index (χ4v) is 1.86. The first-order chi connectivity index (χ1) is 10.6. The van der Waals surface area contributed by atoms with Gasteiger partial charge in [-0.2, -0.15) is 0 Å². The van der Waals surface area contributed by atoms with Crippen LogP contribution in [0.4, 0.5) is 0 Å². The van der Waals surface area contributed by atoms with Crippen LogP contribution in [-0.4, -0.2) is 17.1 Å². The van der Waals surface area contributed by atoms with Crippen LogP contribution in [0.3, 0.4) is 0 Å². The van der Waals surface area contributed by atoms with Gasteiger partial charge < -0.3 is 4.84 Å². The van der Waals surface area contributed by atoms with E-state index in [4.69, 9.17) is 9.68 Å². The van der Waals surface area contributed by atoms with Crippen LogP contribution in [0.25, 0.3) is 0 Å². The van der Waals surface area contributed by atoms with E-state index < -0.39 is 11.9 Å². The molecule has 0 aromatic heterocycles. The fraction of sp³-hybridized carbons (Fsp3) is 0.176. The van der Waals surface area contributed by atoms with Crippen LogP contribution >= 0.6 is 0 Å². The quantitative estimate of drug-likeness (QED) is 0.814. The summed E-state index contributed by atoms with van der Waals surface area (Å²) in [6, 6.07) is 16.1. The summed E-state index contributed by atoms with van der Waals surface area (Å²) in [7, 11) is 0. The highest BCUT2D eigenvalue weighted by Gasteiger charge is 2.20. The van der Waals surface area contributed by atoms with Gasteiger partial charge in [-0.1, -0.05) is 48.0 Å². The van der Waals surface area contributed by atoms with E-state index in [9.17, 15) is 9.59 Å². The molecule has 0 spiro atoms. The van der Waals surface area contributed by atoms with Crippen LogP contribution in [0.15, 0.2) is 54.6 Å². The van der Waals surface area contributed by atoms with Crippen LogP contribution in [-0.2, 0) is 21.1 Å². The largest absolute Gasteiger partial charge is 0.332 e. The summed E-state index contributed by atoms with van der Waals surface area (Å²) >= 11 is 0. The van der Waals surface area contributed by atoms with E-state index in [1.807, 2.05) is 31.2 Å². The standard InChI is InChI=1S/C17H17NO4/c1-13-7-6-8-15(11-13)12-21-18(22-14(2)19)17(20)16-9-4-3-5-10-16/h3-11H,12H2,1-2H3. The summed E-state index contributed by atoms with van der Waals surface area (Å²) in [6.07, 6.45) is 0. The van der Waals surface area contributed by atoms with Crippen LogP contribution in [0.2, 0.25) is 0 Å². The van der Waals surface area contributed by atoms with Crippen molar-refractivity contribution in [3.05, 3.63) is 71.3 Å². The predicted octanol–water partition coefficient (Wildman–Crippen LogP) is 3.05. The minimum Gasteiger partial charge on any atom is -0.312 e. The first-order valence-electron chi connectivity index (χ1n) is 6.83. The zero-order valence-electron chi connectivity index (χ0n) is 12.5. The number of nitrogens with zero attached hydrogens (tertiary/aromatic N) is 1. The monoisotopic (exact) mass is 299 g/mol. The maximum atomic E-state index is 12.3. The third-order valence-corrected chi connectivity index (χ3v) is 2.83. The first-order valence-corrected chi connectivity index (χ1v) is 6.83. The van der Waals surface area contributed by atoms with Crippen molar-refractivity contribution in [1.82, 2.24) is 5.23 Å². The summed E-state index contributed by atoms with van der Waals surface area (Å²) in [5.41, 5.74) is 2.32. The topological polar surface area (TPSA) is 55.8 Å². The van der Waals surface area contributed by atoms with Crippen molar-refractivity contribution >= 4 is 11.9 Å². The minimum absolute atomic E-state index is 0.119. The Morgan fingerprint density at radius 3 is 2.41 bits per heavy atom. The number of carbonyl (C=O) groups excluding carboxylic acids is 2. The normalized spacial score (nSPS) is 10.1.